The van der Waals surface area contributed by atoms with Crippen molar-refractivity contribution in [2.75, 3.05) is 20.3 Å². The smallest absolute Gasteiger partial charge is 0.337 e. The highest BCUT2D eigenvalue weighted by Crippen LogP contribution is 2.38. The highest BCUT2D eigenvalue weighted by atomic mass is 16.8. The van der Waals surface area contributed by atoms with E-state index >= 15 is 0 Å². The summed E-state index contributed by atoms with van der Waals surface area (Å²) in [5.74, 6) is -3.28. The molecule has 0 radical (unpaired) electrons. The van der Waals surface area contributed by atoms with Crippen LogP contribution in [0.4, 0.5) is 0 Å². The Hall–Kier alpha value is -2.94. The second-order valence-electron chi connectivity index (χ2n) is 9.08. The lowest BCUT2D eigenvalue weighted by Gasteiger charge is -2.43. The molecule has 2 heterocycles. The first-order chi connectivity index (χ1) is 18.1. The largest absolute Gasteiger partial charge is 0.504 e. The Morgan fingerprint density at radius 1 is 1.03 bits per heavy atom. The van der Waals surface area contributed by atoms with Crippen LogP contribution in [0.15, 0.2) is 30.0 Å². The van der Waals surface area contributed by atoms with Gasteiger partial charge < -0.3 is 54.3 Å². The molecule has 13 nitrogen and oxygen atoms in total. The lowest BCUT2D eigenvalue weighted by atomic mass is 9.80. The summed E-state index contributed by atoms with van der Waals surface area (Å²) in [5, 5.41) is 58.8. The molecule has 0 aromatic heterocycles. The molecule has 13 heteroatoms. The molecule has 6 N–H and O–H groups in total. The average molecular weight is 543 g/mol. The van der Waals surface area contributed by atoms with Crippen LogP contribution in [0.3, 0.4) is 0 Å². The first kappa shape index (κ1) is 29.6. The van der Waals surface area contributed by atoms with E-state index in [0.717, 1.165) is 6.26 Å². The van der Waals surface area contributed by atoms with Crippen molar-refractivity contribution in [1.29, 1.82) is 0 Å². The molecule has 1 saturated heterocycles. The maximum atomic E-state index is 12.7. The van der Waals surface area contributed by atoms with Crippen LogP contribution in [-0.4, -0.2) is 99.9 Å². The molecule has 0 amide bonds. The van der Waals surface area contributed by atoms with Crippen LogP contribution < -0.4 is 0 Å². The molecule has 38 heavy (non-hydrogen) atoms. The molecule has 0 spiro atoms. The van der Waals surface area contributed by atoms with Gasteiger partial charge in [0.2, 0.25) is 6.29 Å². The zero-order chi connectivity index (χ0) is 28.0. The Kier molecular flexibility index (Phi) is 10.3. The predicted octanol–water partition coefficient (Wildman–Crippen LogP) is -0.554. The van der Waals surface area contributed by atoms with Crippen LogP contribution in [0.1, 0.15) is 25.3 Å². The number of carbonyl (C=O) groups excluding carboxylic acids is 2. The summed E-state index contributed by atoms with van der Waals surface area (Å²) in [6.07, 6.45) is -7.21. The number of carbonyl (C=O) groups is 2. The molecule has 1 aromatic rings. The highest BCUT2D eigenvalue weighted by molar-refractivity contribution is 5.89. The fraction of sp³-hybridized carbons (Fsp3) is 0.600. The van der Waals surface area contributed by atoms with Crippen molar-refractivity contribution >= 4 is 11.9 Å². The SMILES string of the molecule is CCC1C(O[C@@H]2O[C@H](CO)[C@@H](O)[C@H](O)[C@H]2O)OC=C(C(=O)OC)C1CC(=O)OCCc1ccc(O)c(O)c1. The van der Waals surface area contributed by atoms with Gasteiger partial charge in [0, 0.05) is 18.3 Å². The van der Waals surface area contributed by atoms with Gasteiger partial charge >= 0.3 is 11.9 Å². The summed E-state index contributed by atoms with van der Waals surface area (Å²) in [7, 11) is 1.18. The number of methoxy groups -OCH3 is 1. The number of benzene rings is 1. The summed E-state index contributed by atoms with van der Waals surface area (Å²) in [5.41, 5.74) is 0.710. The van der Waals surface area contributed by atoms with Crippen molar-refractivity contribution in [1.82, 2.24) is 0 Å². The Morgan fingerprint density at radius 2 is 1.76 bits per heavy atom. The van der Waals surface area contributed by atoms with E-state index in [1.807, 2.05) is 0 Å². The number of rotatable bonds is 10. The van der Waals surface area contributed by atoms with Crippen LogP contribution in [0.25, 0.3) is 0 Å². The van der Waals surface area contributed by atoms with E-state index < -0.39 is 67.4 Å². The van der Waals surface area contributed by atoms with Gasteiger partial charge in [-0.05, 0) is 24.1 Å². The van der Waals surface area contributed by atoms with Gasteiger partial charge in [-0.25, -0.2) is 4.79 Å². The summed E-state index contributed by atoms with van der Waals surface area (Å²) >= 11 is 0. The molecule has 0 aliphatic carbocycles. The predicted molar refractivity (Wildman–Crippen MR) is 126 cm³/mol. The van der Waals surface area contributed by atoms with Gasteiger partial charge in [-0.2, -0.15) is 0 Å². The summed E-state index contributed by atoms with van der Waals surface area (Å²) < 4.78 is 26.9. The van der Waals surface area contributed by atoms with Crippen molar-refractivity contribution in [3.8, 4) is 11.5 Å². The van der Waals surface area contributed by atoms with E-state index in [1.54, 1.807) is 13.0 Å². The van der Waals surface area contributed by atoms with Crippen LogP contribution >= 0.6 is 0 Å². The van der Waals surface area contributed by atoms with Crippen molar-refractivity contribution in [2.24, 2.45) is 11.8 Å². The van der Waals surface area contributed by atoms with Crippen LogP contribution in [0.2, 0.25) is 0 Å². The molecule has 0 saturated carbocycles. The zero-order valence-electron chi connectivity index (χ0n) is 21.0. The fourth-order valence-corrected chi connectivity index (χ4v) is 4.50. The summed E-state index contributed by atoms with van der Waals surface area (Å²) in [6.45, 7) is 1.11. The molecule has 0 bridgehead atoms. The number of esters is 2. The first-order valence-electron chi connectivity index (χ1n) is 12.2. The third-order valence-corrected chi connectivity index (χ3v) is 6.68. The van der Waals surface area contributed by atoms with Gasteiger partial charge in [-0.3, -0.25) is 4.79 Å². The number of aromatic hydroxyl groups is 2. The van der Waals surface area contributed by atoms with Crippen LogP contribution in [-0.2, 0) is 39.7 Å². The van der Waals surface area contributed by atoms with E-state index in [0.29, 0.717) is 12.0 Å². The van der Waals surface area contributed by atoms with Gasteiger partial charge in [-0.15, -0.1) is 0 Å². The quantitative estimate of drug-likeness (QED) is 0.162. The molecule has 212 valence electrons. The Morgan fingerprint density at radius 3 is 2.39 bits per heavy atom. The van der Waals surface area contributed by atoms with E-state index in [1.165, 1.54) is 19.2 Å². The lowest BCUT2D eigenvalue weighted by molar-refractivity contribution is -0.341. The van der Waals surface area contributed by atoms with Gasteiger partial charge in [0.05, 0.1) is 38.6 Å². The summed E-state index contributed by atoms with van der Waals surface area (Å²) in [6, 6.07) is 4.25. The Bertz CT molecular complexity index is 993. The average Bonchev–Trinajstić information content (AvgIpc) is 2.90. The highest BCUT2D eigenvalue weighted by Gasteiger charge is 2.48. The lowest BCUT2D eigenvalue weighted by Crippen LogP contribution is -2.60. The van der Waals surface area contributed by atoms with Gasteiger partial charge in [0.15, 0.2) is 17.8 Å². The third-order valence-electron chi connectivity index (χ3n) is 6.68. The van der Waals surface area contributed by atoms with Gasteiger partial charge in [0.1, 0.15) is 24.4 Å². The molecule has 2 aliphatic rings. The molecule has 8 atom stereocenters. The number of hydrogen-bond acceptors (Lipinski definition) is 13. The van der Waals surface area contributed by atoms with Gasteiger partial charge in [0.25, 0.3) is 0 Å². The molecule has 2 aliphatic heterocycles. The van der Waals surface area contributed by atoms with E-state index in [2.05, 4.69) is 0 Å². The normalized spacial score (nSPS) is 31.2. The van der Waals surface area contributed by atoms with Crippen molar-refractivity contribution in [3.63, 3.8) is 0 Å². The Balaban J connectivity index is 1.70. The van der Waals surface area contributed by atoms with E-state index in [4.69, 9.17) is 23.7 Å². The molecule has 1 aromatic carbocycles. The third kappa shape index (κ3) is 6.73. The number of hydrogen-bond donors (Lipinski definition) is 6. The van der Waals surface area contributed by atoms with Gasteiger partial charge in [-0.1, -0.05) is 13.0 Å². The minimum atomic E-state index is -1.66. The first-order valence-corrected chi connectivity index (χ1v) is 12.2. The monoisotopic (exact) mass is 542 g/mol. The number of phenolic OH excluding ortho intramolecular Hbond substituents is 2. The minimum absolute atomic E-state index is 0.0227. The van der Waals surface area contributed by atoms with Crippen LogP contribution in [0.5, 0.6) is 11.5 Å². The maximum Gasteiger partial charge on any atom is 0.337 e. The standard InChI is InChI=1S/C25H34O13/c1-3-13-14(9-19(29)35-7-6-12-4-5-16(27)17(28)8-12)15(23(33)34-2)11-36-24(13)38-25-22(32)21(31)20(30)18(10-26)37-25/h4-5,8,11,13-14,18,20-22,24-28,30-32H,3,6-7,9-10H2,1-2H3/t13?,14?,18-,20-,21+,22-,24?,25+/m1/s1. The number of phenols is 2. The number of aliphatic hydroxyl groups excluding tert-OH is 4. The molecular weight excluding hydrogens is 508 g/mol. The molecule has 3 rings (SSSR count). The zero-order valence-corrected chi connectivity index (χ0v) is 21.0. The molecule has 1 fully saturated rings. The van der Waals surface area contributed by atoms with Crippen molar-refractivity contribution < 1.29 is 63.9 Å². The second-order valence-corrected chi connectivity index (χ2v) is 9.08. The Labute approximate surface area is 218 Å². The topological polar surface area (TPSA) is 202 Å². The fourth-order valence-electron chi connectivity index (χ4n) is 4.50. The minimum Gasteiger partial charge on any atom is -0.504 e. The number of ether oxygens (including phenoxy) is 5. The molecule has 3 unspecified atom stereocenters. The van der Waals surface area contributed by atoms with E-state index in [-0.39, 0.29) is 36.5 Å². The van der Waals surface area contributed by atoms with Crippen molar-refractivity contribution in [3.05, 3.63) is 35.6 Å². The van der Waals surface area contributed by atoms with Crippen LogP contribution in [0, 0.1) is 11.8 Å². The maximum absolute atomic E-state index is 12.7. The summed E-state index contributed by atoms with van der Waals surface area (Å²) in [4.78, 5) is 25.2. The van der Waals surface area contributed by atoms with Crippen molar-refractivity contribution in [2.45, 2.75) is 63.2 Å². The van der Waals surface area contributed by atoms with E-state index in [9.17, 15) is 40.2 Å². The second kappa shape index (κ2) is 13.2. The molecular formula is C25H34O13. The number of aliphatic hydroxyl groups is 4.